The maximum absolute atomic E-state index is 6.20. The van der Waals surface area contributed by atoms with E-state index in [4.69, 9.17) is 5.73 Å². The summed E-state index contributed by atoms with van der Waals surface area (Å²) in [6, 6.07) is 0.492. The molecule has 1 saturated carbocycles. The van der Waals surface area contributed by atoms with Crippen LogP contribution in [0.2, 0.25) is 0 Å². The molecule has 84 valence electrons. The molecule has 0 radical (unpaired) electrons. The van der Waals surface area contributed by atoms with Gasteiger partial charge in [0.2, 0.25) is 0 Å². The van der Waals surface area contributed by atoms with E-state index in [1.54, 1.807) is 0 Å². The summed E-state index contributed by atoms with van der Waals surface area (Å²) in [6.45, 7) is 6.97. The number of hydrogen-bond donors (Lipinski definition) is 1. The first-order valence-electron chi connectivity index (χ1n) is 6.42. The van der Waals surface area contributed by atoms with Gasteiger partial charge in [-0.1, -0.05) is 33.6 Å². The van der Waals surface area contributed by atoms with Crippen LogP contribution in [0.4, 0.5) is 0 Å². The van der Waals surface area contributed by atoms with Crippen molar-refractivity contribution >= 4 is 0 Å². The van der Waals surface area contributed by atoms with Crippen LogP contribution in [-0.2, 0) is 0 Å². The van der Waals surface area contributed by atoms with Gasteiger partial charge in [-0.05, 0) is 43.4 Å². The summed E-state index contributed by atoms with van der Waals surface area (Å²) >= 11 is 0. The maximum atomic E-state index is 6.20. The molecule has 0 aromatic rings. The van der Waals surface area contributed by atoms with Crippen molar-refractivity contribution in [3.8, 4) is 0 Å². The topological polar surface area (TPSA) is 26.0 Å². The minimum absolute atomic E-state index is 0.492. The SMILES string of the molecule is CCC(C)CC1CC(CC)CCC1N. The van der Waals surface area contributed by atoms with Gasteiger partial charge in [-0.3, -0.25) is 0 Å². The molecule has 0 spiro atoms. The summed E-state index contributed by atoms with van der Waals surface area (Å²) in [5.74, 6) is 2.63. The van der Waals surface area contributed by atoms with Crippen LogP contribution in [0.3, 0.4) is 0 Å². The van der Waals surface area contributed by atoms with Crippen molar-refractivity contribution < 1.29 is 0 Å². The van der Waals surface area contributed by atoms with Crippen LogP contribution in [0.25, 0.3) is 0 Å². The lowest BCUT2D eigenvalue weighted by atomic mass is 9.74. The lowest BCUT2D eigenvalue weighted by Crippen LogP contribution is -2.36. The van der Waals surface area contributed by atoms with Crippen LogP contribution in [0.1, 0.15) is 59.3 Å². The molecule has 4 unspecified atom stereocenters. The Morgan fingerprint density at radius 3 is 2.57 bits per heavy atom. The third-order valence-electron chi connectivity index (χ3n) is 4.13. The molecule has 14 heavy (non-hydrogen) atoms. The van der Waals surface area contributed by atoms with Gasteiger partial charge < -0.3 is 5.73 Å². The van der Waals surface area contributed by atoms with Gasteiger partial charge in [0.05, 0.1) is 0 Å². The normalized spacial score (nSPS) is 35.6. The van der Waals surface area contributed by atoms with E-state index < -0.39 is 0 Å². The molecule has 0 aromatic carbocycles. The Balaban J connectivity index is 2.40. The average Bonchev–Trinajstić information content (AvgIpc) is 2.21. The van der Waals surface area contributed by atoms with Crippen LogP contribution >= 0.6 is 0 Å². The molecule has 1 heteroatoms. The summed E-state index contributed by atoms with van der Waals surface area (Å²) in [7, 11) is 0. The highest BCUT2D eigenvalue weighted by molar-refractivity contribution is 4.82. The standard InChI is InChI=1S/C13H27N/c1-4-10(3)8-12-9-11(5-2)6-7-13(12)14/h10-13H,4-9,14H2,1-3H3. The van der Waals surface area contributed by atoms with Crippen molar-refractivity contribution in [3.05, 3.63) is 0 Å². The fourth-order valence-electron chi connectivity index (χ4n) is 2.71. The molecule has 2 N–H and O–H groups in total. The van der Waals surface area contributed by atoms with Gasteiger partial charge in [0.1, 0.15) is 0 Å². The highest BCUT2D eigenvalue weighted by Crippen LogP contribution is 2.34. The monoisotopic (exact) mass is 197 g/mol. The van der Waals surface area contributed by atoms with E-state index in [0.717, 1.165) is 17.8 Å². The Morgan fingerprint density at radius 1 is 1.29 bits per heavy atom. The second-order valence-corrected chi connectivity index (χ2v) is 5.26. The van der Waals surface area contributed by atoms with Gasteiger partial charge in [-0.15, -0.1) is 0 Å². The minimum Gasteiger partial charge on any atom is -0.327 e. The molecular weight excluding hydrogens is 170 g/mol. The molecule has 0 bridgehead atoms. The first kappa shape index (κ1) is 12.0. The molecule has 1 rings (SSSR count). The Hall–Kier alpha value is -0.0400. The van der Waals surface area contributed by atoms with E-state index >= 15 is 0 Å². The Bertz CT molecular complexity index is 153. The average molecular weight is 197 g/mol. The van der Waals surface area contributed by atoms with Gasteiger partial charge >= 0.3 is 0 Å². The minimum atomic E-state index is 0.492. The Labute approximate surface area is 89.5 Å². The van der Waals surface area contributed by atoms with Crippen LogP contribution in [0.15, 0.2) is 0 Å². The van der Waals surface area contributed by atoms with Gasteiger partial charge in [0.15, 0.2) is 0 Å². The molecule has 1 aliphatic carbocycles. The largest absolute Gasteiger partial charge is 0.327 e. The zero-order valence-electron chi connectivity index (χ0n) is 10.1. The number of rotatable bonds is 4. The fourth-order valence-corrected chi connectivity index (χ4v) is 2.71. The predicted molar refractivity (Wildman–Crippen MR) is 63.2 cm³/mol. The quantitative estimate of drug-likeness (QED) is 0.732. The molecule has 0 aromatic heterocycles. The van der Waals surface area contributed by atoms with E-state index in [1.165, 1.54) is 38.5 Å². The lowest BCUT2D eigenvalue weighted by molar-refractivity contribution is 0.197. The number of nitrogens with two attached hydrogens (primary N) is 1. The van der Waals surface area contributed by atoms with Crippen LogP contribution in [0, 0.1) is 17.8 Å². The zero-order valence-corrected chi connectivity index (χ0v) is 10.1. The van der Waals surface area contributed by atoms with Crippen molar-refractivity contribution in [2.75, 3.05) is 0 Å². The molecule has 0 saturated heterocycles. The molecule has 0 heterocycles. The smallest absolute Gasteiger partial charge is 0.00674 e. The summed E-state index contributed by atoms with van der Waals surface area (Å²) in [4.78, 5) is 0. The first-order chi connectivity index (χ1) is 6.67. The summed E-state index contributed by atoms with van der Waals surface area (Å²) in [5.41, 5.74) is 6.20. The Morgan fingerprint density at radius 2 is 2.00 bits per heavy atom. The van der Waals surface area contributed by atoms with E-state index in [9.17, 15) is 0 Å². The van der Waals surface area contributed by atoms with Crippen molar-refractivity contribution in [2.45, 2.75) is 65.3 Å². The van der Waals surface area contributed by atoms with Crippen molar-refractivity contribution in [1.82, 2.24) is 0 Å². The Kier molecular flexibility index (Phi) is 4.94. The predicted octanol–water partition coefficient (Wildman–Crippen LogP) is 3.58. The van der Waals surface area contributed by atoms with Crippen molar-refractivity contribution in [3.63, 3.8) is 0 Å². The highest BCUT2D eigenvalue weighted by atomic mass is 14.7. The van der Waals surface area contributed by atoms with Gasteiger partial charge in [-0.2, -0.15) is 0 Å². The third-order valence-corrected chi connectivity index (χ3v) is 4.13. The van der Waals surface area contributed by atoms with Crippen LogP contribution < -0.4 is 5.73 Å². The van der Waals surface area contributed by atoms with E-state index in [2.05, 4.69) is 20.8 Å². The molecule has 1 nitrogen and oxygen atoms in total. The molecule has 1 fully saturated rings. The molecule has 0 amide bonds. The molecule has 0 aliphatic heterocycles. The summed E-state index contributed by atoms with van der Waals surface area (Å²) in [6.07, 6.45) is 8.04. The highest BCUT2D eigenvalue weighted by Gasteiger charge is 2.27. The first-order valence-corrected chi connectivity index (χ1v) is 6.42. The third kappa shape index (κ3) is 3.27. The van der Waals surface area contributed by atoms with Gasteiger partial charge in [-0.25, -0.2) is 0 Å². The summed E-state index contributed by atoms with van der Waals surface area (Å²) < 4.78 is 0. The van der Waals surface area contributed by atoms with Gasteiger partial charge in [0, 0.05) is 6.04 Å². The molecule has 1 aliphatic rings. The summed E-state index contributed by atoms with van der Waals surface area (Å²) in [5, 5.41) is 0. The lowest BCUT2D eigenvalue weighted by Gasteiger charge is -2.35. The van der Waals surface area contributed by atoms with Crippen molar-refractivity contribution in [2.24, 2.45) is 23.5 Å². The molecular formula is C13H27N. The van der Waals surface area contributed by atoms with E-state index in [0.29, 0.717) is 6.04 Å². The second-order valence-electron chi connectivity index (χ2n) is 5.26. The van der Waals surface area contributed by atoms with E-state index in [1.807, 2.05) is 0 Å². The molecule has 4 atom stereocenters. The zero-order chi connectivity index (χ0) is 10.6. The maximum Gasteiger partial charge on any atom is 0.00674 e. The number of hydrogen-bond acceptors (Lipinski definition) is 1. The second kappa shape index (κ2) is 5.75. The fraction of sp³-hybridized carbons (Fsp3) is 1.00. The van der Waals surface area contributed by atoms with Crippen molar-refractivity contribution in [1.29, 1.82) is 0 Å². The van der Waals surface area contributed by atoms with Crippen LogP contribution in [-0.4, -0.2) is 6.04 Å². The van der Waals surface area contributed by atoms with E-state index in [-0.39, 0.29) is 0 Å². The van der Waals surface area contributed by atoms with Crippen LogP contribution in [0.5, 0.6) is 0 Å². The van der Waals surface area contributed by atoms with Gasteiger partial charge in [0.25, 0.3) is 0 Å².